The Morgan fingerprint density at radius 2 is 1.95 bits per heavy atom. The van der Waals surface area contributed by atoms with Crippen molar-refractivity contribution in [3.63, 3.8) is 0 Å². The van der Waals surface area contributed by atoms with Gasteiger partial charge in [-0.2, -0.15) is 5.26 Å². The van der Waals surface area contributed by atoms with Gasteiger partial charge >= 0.3 is 6.09 Å². The van der Waals surface area contributed by atoms with Crippen molar-refractivity contribution >= 4 is 39.8 Å². The summed E-state index contributed by atoms with van der Waals surface area (Å²) in [6, 6.07) is 8.40. The van der Waals surface area contributed by atoms with E-state index >= 15 is 0 Å². The predicted octanol–water partition coefficient (Wildman–Crippen LogP) is 2.97. The molecule has 0 radical (unpaired) electrons. The number of ether oxygens (including phenoxy) is 1. The number of rotatable bonds is 6. The molecule has 13 heteroatoms. The maximum absolute atomic E-state index is 13.0. The van der Waals surface area contributed by atoms with Gasteiger partial charge in [0.25, 0.3) is 5.91 Å². The fourth-order valence-electron chi connectivity index (χ4n) is 5.94. The molecule has 5 rings (SSSR count). The van der Waals surface area contributed by atoms with Gasteiger partial charge < -0.3 is 9.64 Å². The second-order valence-corrected chi connectivity index (χ2v) is 13.4. The van der Waals surface area contributed by atoms with Crippen LogP contribution in [0.3, 0.4) is 0 Å². The molecule has 0 aromatic heterocycles. The van der Waals surface area contributed by atoms with Crippen molar-refractivity contribution in [3.05, 3.63) is 36.0 Å². The molecule has 2 amide bonds. The van der Waals surface area contributed by atoms with Crippen LogP contribution in [0.1, 0.15) is 45.4 Å². The number of nitrogens with one attached hydrogen (secondary N) is 1. The molecule has 1 saturated carbocycles. The number of dihydropyridines is 1. The summed E-state index contributed by atoms with van der Waals surface area (Å²) in [5.74, 6) is -0.471. The van der Waals surface area contributed by atoms with Crippen molar-refractivity contribution in [2.75, 3.05) is 27.2 Å². The Bertz CT molecular complexity index is 1440. The van der Waals surface area contributed by atoms with Gasteiger partial charge in [-0.05, 0) is 68.4 Å². The monoisotopic (exact) mass is 581 g/mol. The molecule has 1 aromatic rings. The predicted molar refractivity (Wildman–Crippen MR) is 152 cm³/mol. The molecule has 1 N–H and O–H groups in total. The fraction of sp³-hybridized carbons (Fsp3) is 0.536. The number of fused-ring (bicyclic) bond motifs is 1. The number of carbonyl (C=O) groups is 2. The molecule has 3 aliphatic heterocycles. The zero-order valence-electron chi connectivity index (χ0n) is 23.5. The summed E-state index contributed by atoms with van der Waals surface area (Å²) in [5, 5.41) is 11.7. The molecule has 218 valence electrons. The number of nitrogens with zero attached hydrogens (tertiary/aromatic N) is 6. The van der Waals surface area contributed by atoms with E-state index in [-0.39, 0.29) is 29.4 Å². The molecule has 2 saturated heterocycles. The van der Waals surface area contributed by atoms with Gasteiger partial charge in [0.05, 0.1) is 34.3 Å². The first kappa shape index (κ1) is 28.8. The van der Waals surface area contributed by atoms with E-state index in [1.807, 2.05) is 5.01 Å². The number of hydrazine groups is 1. The van der Waals surface area contributed by atoms with Crippen molar-refractivity contribution in [2.24, 2.45) is 21.8 Å². The maximum Gasteiger partial charge on any atom is 0.410 e. The van der Waals surface area contributed by atoms with E-state index in [0.717, 1.165) is 23.6 Å². The van der Waals surface area contributed by atoms with Gasteiger partial charge in [0.1, 0.15) is 17.9 Å². The van der Waals surface area contributed by atoms with Crippen LogP contribution in [0, 0.1) is 23.2 Å². The minimum Gasteiger partial charge on any atom is -0.446 e. The molecule has 3 heterocycles. The van der Waals surface area contributed by atoms with Crippen molar-refractivity contribution < 1.29 is 22.7 Å². The Morgan fingerprint density at radius 1 is 1.24 bits per heavy atom. The number of piperidine rings is 1. The standard InChI is InChI=1S/C28H35N7O5S/c1-19-5-4-6-23(19)40-27(37)34-17-13-28(12-15-29,14-18-34)35-22-11-16-30-26(36)24(22)25(32-35)31-20-7-9-21(10-8-20)41(38,39)33(2)3/h7-11,16,19,23-24H,4-6,12-14,17-18H2,1-3H3,(H,31,32)/t19-,23?,24?/m1/s1. The third kappa shape index (κ3) is 5.46. The molecular formula is C28H35N7O5S. The van der Waals surface area contributed by atoms with Gasteiger partial charge in [-0.15, -0.1) is 0 Å². The zero-order valence-corrected chi connectivity index (χ0v) is 24.3. The number of amides is 2. The summed E-state index contributed by atoms with van der Waals surface area (Å²) >= 11 is 0. The lowest BCUT2D eigenvalue weighted by Gasteiger charge is -2.47. The van der Waals surface area contributed by atoms with Crippen LogP contribution in [0.2, 0.25) is 0 Å². The van der Waals surface area contributed by atoms with Crippen LogP contribution in [0.25, 0.3) is 0 Å². The number of carbonyl (C=O) groups excluding carboxylic acids is 2. The lowest BCUT2D eigenvalue weighted by atomic mass is 9.83. The van der Waals surface area contributed by atoms with Crippen LogP contribution >= 0.6 is 0 Å². The van der Waals surface area contributed by atoms with Crippen LogP contribution in [-0.4, -0.2) is 85.5 Å². The Morgan fingerprint density at radius 3 is 2.56 bits per heavy atom. The second kappa shape index (κ2) is 11.3. The minimum atomic E-state index is -3.60. The van der Waals surface area contributed by atoms with Crippen LogP contribution in [-0.2, 0) is 19.6 Å². The zero-order chi connectivity index (χ0) is 29.4. The number of hydrogen-bond acceptors (Lipinski definition) is 8. The van der Waals surface area contributed by atoms with Gasteiger partial charge in [-0.25, -0.2) is 27.5 Å². The molecule has 41 heavy (non-hydrogen) atoms. The summed E-state index contributed by atoms with van der Waals surface area (Å²) in [6.07, 6.45) is 6.98. The van der Waals surface area contributed by atoms with Crippen molar-refractivity contribution in [1.29, 1.82) is 5.26 Å². The number of aliphatic imine (C=N–C) groups is 2. The number of likely N-dealkylation sites (tertiary alicyclic amines) is 1. The number of sulfonamides is 1. The normalized spacial score (nSPS) is 26.5. The van der Waals surface area contributed by atoms with Crippen LogP contribution in [0.5, 0.6) is 0 Å². The molecule has 0 spiro atoms. The van der Waals surface area contributed by atoms with Gasteiger partial charge in [-0.3, -0.25) is 15.2 Å². The highest BCUT2D eigenvalue weighted by molar-refractivity contribution is 7.89. The van der Waals surface area contributed by atoms with E-state index in [1.165, 1.54) is 32.4 Å². The van der Waals surface area contributed by atoms with E-state index in [0.29, 0.717) is 49.1 Å². The fourth-order valence-corrected chi connectivity index (χ4v) is 6.84. The van der Waals surface area contributed by atoms with E-state index in [2.05, 4.69) is 28.4 Å². The first-order valence-electron chi connectivity index (χ1n) is 13.8. The quantitative estimate of drug-likeness (QED) is 0.539. The van der Waals surface area contributed by atoms with Gasteiger partial charge in [-0.1, -0.05) is 6.92 Å². The molecule has 3 atom stereocenters. The first-order chi connectivity index (χ1) is 19.6. The van der Waals surface area contributed by atoms with Crippen molar-refractivity contribution in [3.8, 4) is 6.07 Å². The Kier molecular flexibility index (Phi) is 7.89. The summed E-state index contributed by atoms with van der Waals surface area (Å²) in [7, 11) is -0.671. The summed E-state index contributed by atoms with van der Waals surface area (Å²) in [5.41, 5.74) is 3.69. The molecule has 3 fully saturated rings. The third-order valence-corrected chi connectivity index (χ3v) is 10.3. The van der Waals surface area contributed by atoms with Crippen LogP contribution < -0.4 is 5.43 Å². The van der Waals surface area contributed by atoms with Crippen molar-refractivity contribution in [1.82, 2.24) is 19.6 Å². The van der Waals surface area contributed by atoms with E-state index < -0.39 is 21.5 Å². The highest BCUT2D eigenvalue weighted by atomic mass is 32.2. The first-order valence-corrected chi connectivity index (χ1v) is 15.3. The van der Waals surface area contributed by atoms with E-state index in [1.54, 1.807) is 23.1 Å². The van der Waals surface area contributed by atoms with E-state index in [4.69, 9.17) is 4.74 Å². The smallest absolute Gasteiger partial charge is 0.410 e. The molecule has 0 bridgehead atoms. The Hall–Kier alpha value is -3.76. The summed E-state index contributed by atoms with van der Waals surface area (Å²) < 4.78 is 31.8. The van der Waals surface area contributed by atoms with Crippen LogP contribution in [0.15, 0.2) is 50.9 Å². The van der Waals surface area contributed by atoms with Gasteiger partial charge in [0, 0.05) is 33.4 Å². The lowest BCUT2D eigenvalue weighted by Crippen LogP contribution is -2.58. The van der Waals surface area contributed by atoms with Crippen molar-refractivity contribution in [2.45, 2.75) is 62.0 Å². The molecule has 12 nitrogen and oxygen atoms in total. The number of amidine groups is 1. The Labute approximate surface area is 240 Å². The topological polar surface area (TPSA) is 148 Å². The maximum atomic E-state index is 13.0. The average molecular weight is 582 g/mol. The minimum absolute atomic E-state index is 0.0529. The number of hydrogen-bond donors (Lipinski definition) is 1. The van der Waals surface area contributed by atoms with Gasteiger partial charge in [0.15, 0.2) is 0 Å². The summed E-state index contributed by atoms with van der Waals surface area (Å²) in [4.78, 5) is 36.3. The second-order valence-electron chi connectivity index (χ2n) is 11.2. The van der Waals surface area contributed by atoms with E-state index in [9.17, 15) is 23.3 Å². The lowest BCUT2D eigenvalue weighted by molar-refractivity contribution is -0.119. The number of nitriles is 1. The third-order valence-electron chi connectivity index (χ3n) is 8.48. The highest BCUT2D eigenvalue weighted by Gasteiger charge is 2.50. The molecule has 1 aliphatic carbocycles. The molecule has 1 aromatic carbocycles. The number of allylic oxidation sites excluding steroid dienone is 1. The summed E-state index contributed by atoms with van der Waals surface area (Å²) in [6.45, 7) is 2.93. The Balaban J connectivity index is 1.37. The molecular weight excluding hydrogens is 546 g/mol. The largest absolute Gasteiger partial charge is 0.446 e. The highest BCUT2D eigenvalue weighted by Crippen LogP contribution is 2.40. The molecule has 2 unspecified atom stereocenters. The average Bonchev–Trinajstić information content (AvgIpc) is 3.53. The van der Waals surface area contributed by atoms with Gasteiger partial charge in [0.2, 0.25) is 10.0 Å². The van der Waals surface area contributed by atoms with Crippen LogP contribution in [0.4, 0.5) is 10.5 Å². The molecule has 4 aliphatic rings. The number of benzene rings is 1. The SMILES string of the molecule is C[C@@H]1CCCC1OC(=O)N1CCC(CC#N)(N2NC(=Nc3ccc(S(=O)(=O)N(C)C)cc3)C3C(=O)N=CC=C32)CC1.